The summed E-state index contributed by atoms with van der Waals surface area (Å²) in [6.07, 6.45) is 1.33. The van der Waals surface area contributed by atoms with Crippen LogP contribution >= 0.6 is 0 Å². The van der Waals surface area contributed by atoms with Crippen molar-refractivity contribution in [1.82, 2.24) is 4.90 Å². The highest BCUT2D eigenvalue weighted by molar-refractivity contribution is 7.93. The molecule has 0 unspecified atom stereocenters. The smallest absolute Gasteiger partial charge is 0.242 e. The third-order valence-corrected chi connectivity index (χ3v) is 5.72. The van der Waals surface area contributed by atoms with Crippen molar-refractivity contribution in [3.63, 3.8) is 0 Å². The van der Waals surface area contributed by atoms with Gasteiger partial charge in [0.25, 0.3) is 0 Å². The number of hydrogen-bond acceptors (Lipinski definition) is 4. The van der Waals surface area contributed by atoms with E-state index in [0.29, 0.717) is 18.5 Å². The van der Waals surface area contributed by atoms with Gasteiger partial charge in [-0.3, -0.25) is 9.10 Å². The topological polar surface area (TPSA) is 69.7 Å². The molecule has 0 bridgehead atoms. The summed E-state index contributed by atoms with van der Waals surface area (Å²) >= 11 is 0. The molecule has 0 atom stereocenters. The second kappa shape index (κ2) is 5.93. The van der Waals surface area contributed by atoms with Gasteiger partial charge in [-0.25, -0.2) is 8.42 Å². The second-order valence-electron chi connectivity index (χ2n) is 5.34. The van der Waals surface area contributed by atoms with Gasteiger partial charge < -0.3 is 10.2 Å². The van der Waals surface area contributed by atoms with Gasteiger partial charge in [-0.15, -0.1) is 0 Å². The third kappa shape index (κ3) is 3.47. The molecule has 1 aliphatic rings. The first kappa shape index (κ1) is 15.6. The molecule has 2 rings (SSSR count). The van der Waals surface area contributed by atoms with Crippen LogP contribution in [0.2, 0.25) is 0 Å². The van der Waals surface area contributed by atoms with E-state index in [9.17, 15) is 13.2 Å². The van der Waals surface area contributed by atoms with Crippen LogP contribution in [0.15, 0.2) is 24.3 Å². The second-order valence-corrected chi connectivity index (χ2v) is 7.48. The lowest BCUT2D eigenvalue weighted by molar-refractivity contribution is -0.127. The third-order valence-electron chi connectivity index (χ3n) is 3.45. The van der Waals surface area contributed by atoms with Crippen molar-refractivity contribution in [2.24, 2.45) is 0 Å². The average Bonchev–Trinajstić information content (AvgIpc) is 3.29. The van der Waals surface area contributed by atoms with Crippen LogP contribution in [-0.2, 0) is 14.8 Å². The number of nitrogens with zero attached hydrogens (tertiary/aromatic N) is 2. The predicted molar refractivity (Wildman–Crippen MR) is 84.0 cm³/mol. The number of anilines is 2. The summed E-state index contributed by atoms with van der Waals surface area (Å²) in [6, 6.07) is 7.07. The highest BCUT2D eigenvalue weighted by Gasteiger charge is 2.41. The predicted octanol–water partition coefficient (Wildman–Crippen LogP) is 1.12. The summed E-state index contributed by atoms with van der Waals surface area (Å²) in [5, 5.41) is 2.62. The number of amides is 1. The van der Waals surface area contributed by atoms with Gasteiger partial charge in [-0.2, -0.15) is 0 Å². The molecule has 0 heterocycles. The van der Waals surface area contributed by atoms with Crippen LogP contribution in [0.3, 0.4) is 0 Å². The van der Waals surface area contributed by atoms with Crippen LogP contribution in [0.5, 0.6) is 0 Å². The molecule has 7 heteroatoms. The van der Waals surface area contributed by atoms with Crippen molar-refractivity contribution in [2.45, 2.75) is 18.1 Å². The van der Waals surface area contributed by atoms with Crippen LogP contribution in [0.1, 0.15) is 12.8 Å². The number of sulfonamides is 1. The molecule has 1 amide bonds. The lowest BCUT2D eigenvalue weighted by atomic mass is 10.2. The monoisotopic (exact) mass is 311 g/mol. The number of nitrogens with one attached hydrogen (secondary N) is 1. The molecule has 6 nitrogen and oxygen atoms in total. The molecule has 0 aliphatic heterocycles. The van der Waals surface area contributed by atoms with Crippen LogP contribution in [0, 0.1) is 0 Å². The molecule has 1 aromatic carbocycles. The number of carbonyl (C=O) groups is 1. The lowest BCUT2D eigenvalue weighted by Gasteiger charge is -2.25. The zero-order valence-electron chi connectivity index (χ0n) is 12.5. The van der Waals surface area contributed by atoms with Crippen LogP contribution < -0.4 is 9.62 Å². The lowest BCUT2D eigenvalue weighted by Crippen LogP contribution is -2.41. The van der Waals surface area contributed by atoms with Gasteiger partial charge in [-0.1, -0.05) is 6.07 Å². The fourth-order valence-corrected chi connectivity index (χ4v) is 3.74. The molecule has 1 fully saturated rings. The fourth-order valence-electron chi connectivity index (χ4n) is 1.95. The summed E-state index contributed by atoms with van der Waals surface area (Å²) in [5.41, 5.74) is 1.32. The summed E-state index contributed by atoms with van der Waals surface area (Å²) in [4.78, 5) is 13.4. The van der Waals surface area contributed by atoms with Gasteiger partial charge in [0.2, 0.25) is 15.9 Å². The molecular weight excluding hydrogens is 290 g/mol. The van der Waals surface area contributed by atoms with E-state index < -0.39 is 10.0 Å². The number of likely N-dealkylation sites (N-methyl/N-ethyl adjacent to an activating group) is 1. The molecule has 21 heavy (non-hydrogen) atoms. The Morgan fingerprint density at radius 2 is 2.00 bits per heavy atom. The zero-order valence-corrected chi connectivity index (χ0v) is 13.4. The van der Waals surface area contributed by atoms with Crippen molar-refractivity contribution < 1.29 is 13.2 Å². The van der Waals surface area contributed by atoms with Gasteiger partial charge in [0.05, 0.1) is 10.9 Å². The maximum atomic E-state index is 12.6. The Kier molecular flexibility index (Phi) is 4.41. The van der Waals surface area contributed by atoms with Crippen molar-refractivity contribution in [3.05, 3.63) is 24.3 Å². The maximum Gasteiger partial charge on any atom is 0.242 e. The van der Waals surface area contributed by atoms with Gasteiger partial charge in [-0.05, 0) is 31.0 Å². The number of benzene rings is 1. The van der Waals surface area contributed by atoms with Gasteiger partial charge >= 0.3 is 0 Å². The Labute approximate surface area is 125 Å². The Bertz CT molecular complexity index is 624. The van der Waals surface area contributed by atoms with E-state index in [1.54, 1.807) is 39.3 Å². The van der Waals surface area contributed by atoms with E-state index in [1.165, 1.54) is 9.21 Å². The van der Waals surface area contributed by atoms with E-state index in [4.69, 9.17) is 0 Å². The van der Waals surface area contributed by atoms with Crippen molar-refractivity contribution in [2.75, 3.05) is 37.3 Å². The quantitative estimate of drug-likeness (QED) is 0.854. The molecule has 1 aliphatic carbocycles. The molecule has 1 saturated carbocycles. The largest absolute Gasteiger partial charge is 0.388 e. The standard InChI is InChI=1S/C14H21N3O3S/c1-15-11-5-4-6-12(9-11)17(10-14(18)16(2)3)21(19,20)13-7-8-13/h4-6,9,13,15H,7-8,10H2,1-3H3. The average molecular weight is 311 g/mol. The van der Waals surface area contributed by atoms with E-state index in [1.807, 2.05) is 6.07 Å². The maximum absolute atomic E-state index is 12.6. The summed E-state index contributed by atoms with van der Waals surface area (Å²) in [5.74, 6) is -0.242. The van der Waals surface area contributed by atoms with E-state index >= 15 is 0 Å². The van der Waals surface area contributed by atoms with Crippen molar-refractivity contribution in [3.8, 4) is 0 Å². The van der Waals surface area contributed by atoms with Crippen molar-refractivity contribution >= 4 is 27.3 Å². The van der Waals surface area contributed by atoms with Gasteiger partial charge in [0.15, 0.2) is 0 Å². The first-order valence-electron chi connectivity index (χ1n) is 6.86. The molecule has 1 N–H and O–H groups in total. The Balaban J connectivity index is 2.37. The number of rotatable bonds is 6. The van der Waals surface area contributed by atoms with E-state index in [-0.39, 0.29) is 17.7 Å². The van der Waals surface area contributed by atoms with Crippen LogP contribution in [0.25, 0.3) is 0 Å². The highest BCUT2D eigenvalue weighted by atomic mass is 32.2. The highest BCUT2D eigenvalue weighted by Crippen LogP contribution is 2.34. The SMILES string of the molecule is CNc1cccc(N(CC(=O)N(C)C)S(=O)(=O)C2CC2)c1. The van der Waals surface area contributed by atoms with Crippen molar-refractivity contribution in [1.29, 1.82) is 0 Å². The van der Waals surface area contributed by atoms with Crippen LogP contribution in [0.4, 0.5) is 11.4 Å². The molecule has 0 spiro atoms. The molecule has 1 aromatic rings. The molecular formula is C14H21N3O3S. The molecule has 0 aromatic heterocycles. The Morgan fingerprint density at radius 1 is 1.33 bits per heavy atom. The first-order chi connectivity index (χ1) is 9.86. The zero-order chi connectivity index (χ0) is 15.6. The first-order valence-corrected chi connectivity index (χ1v) is 8.36. The normalized spacial score (nSPS) is 14.6. The minimum Gasteiger partial charge on any atom is -0.388 e. The Hall–Kier alpha value is -1.76. The summed E-state index contributed by atoms with van der Waals surface area (Å²) < 4.78 is 26.4. The minimum absolute atomic E-state index is 0.168. The molecule has 0 radical (unpaired) electrons. The van der Waals surface area contributed by atoms with E-state index in [2.05, 4.69) is 5.32 Å². The van der Waals surface area contributed by atoms with Crippen LogP contribution in [-0.4, -0.2) is 52.2 Å². The minimum atomic E-state index is -3.48. The number of carbonyl (C=O) groups excluding carboxylic acids is 1. The number of hydrogen-bond donors (Lipinski definition) is 1. The van der Waals surface area contributed by atoms with Gasteiger partial charge in [0, 0.05) is 26.8 Å². The fraction of sp³-hybridized carbons (Fsp3) is 0.500. The molecule has 116 valence electrons. The Morgan fingerprint density at radius 3 is 2.52 bits per heavy atom. The molecule has 0 saturated heterocycles. The van der Waals surface area contributed by atoms with E-state index in [0.717, 1.165) is 5.69 Å². The summed E-state index contributed by atoms with van der Waals surface area (Å²) in [6.45, 7) is -0.168. The van der Waals surface area contributed by atoms with Gasteiger partial charge in [0.1, 0.15) is 6.54 Å². The summed E-state index contributed by atoms with van der Waals surface area (Å²) in [7, 11) is 1.53.